The molecule has 0 aliphatic carbocycles. The third-order valence-electron chi connectivity index (χ3n) is 2.05. The van der Waals surface area contributed by atoms with Gasteiger partial charge in [-0.25, -0.2) is 5.11 Å². The number of carbonyl (C=O) groups is 1. The van der Waals surface area contributed by atoms with Crippen molar-refractivity contribution in [2.45, 2.75) is 39.5 Å². The van der Waals surface area contributed by atoms with Crippen LogP contribution in [0.1, 0.15) is 39.5 Å². The van der Waals surface area contributed by atoms with Crippen molar-refractivity contribution >= 4 is 5.97 Å². The second-order valence-electron chi connectivity index (χ2n) is 3.24. The average molecular weight is 187 g/mol. The van der Waals surface area contributed by atoms with Crippen LogP contribution in [0.5, 0.6) is 0 Å². The number of esters is 1. The minimum absolute atomic E-state index is 0.000455. The van der Waals surface area contributed by atoms with Crippen LogP contribution in [0.4, 0.5) is 0 Å². The smallest absolute Gasteiger partial charge is 0.308 e. The van der Waals surface area contributed by atoms with Crippen molar-refractivity contribution in [3.8, 4) is 0 Å². The molecule has 0 fully saturated rings. The predicted octanol–water partition coefficient (Wildman–Crippen LogP) is 2.18. The van der Waals surface area contributed by atoms with E-state index in [4.69, 9.17) is 4.74 Å². The lowest BCUT2D eigenvalue weighted by atomic mass is 10.1. The zero-order valence-electron chi connectivity index (χ0n) is 8.54. The molecule has 0 spiro atoms. The summed E-state index contributed by atoms with van der Waals surface area (Å²) in [5.74, 6) is -0.121. The number of unbranched alkanes of at least 4 members (excludes halogenated alkanes) is 2. The summed E-state index contributed by atoms with van der Waals surface area (Å²) >= 11 is 0. The van der Waals surface area contributed by atoms with Gasteiger partial charge in [-0.3, -0.25) is 4.79 Å². The fraction of sp³-hybridized carbons (Fsp3) is 0.900. The molecule has 0 aliphatic rings. The SMILES string of the molecule is CCC(C)C(=O)OCCCCC[O]. The largest absolute Gasteiger partial charge is 0.465 e. The Kier molecular flexibility index (Phi) is 7.69. The van der Waals surface area contributed by atoms with Gasteiger partial charge in [0.2, 0.25) is 0 Å². The van der Waals surface area contributed by atoms with Crippen LogP contribution in [0.3, 0.4) is 0 Å². The van der Waals surface area contributed by atoms with E-state index in [0.29, 0.717) is 13.0 Å². The molecule has 3 nitrogen and oxygen atoms in total. The normalized spacial score (nSPS) is 12.5. The molecule has 3 heteroatoms. The van der Waals surface area contributed by atoms with Gasteiger partial charge in [0.25, 0.3) is 0 Å². The molecule has 13 heavy (non-hydrogen) atoms. The molecule has 0 rings (SSSR count). The Morgan fingerprint density at radius 2 is 2.00 bits per heavy atom. The molecular formula is C10H19O3. The number of carbonyl (C=O) groups excluding carboxylic acids is 1. The van der Waals surface area contributed by atoms with Gasteiger partial charge in [0, 0.05) is 0 Å². The van der Waals surface area contributed by atoms with Gasteiger partial charge in [0.15, 0.2) is 0 Å². The summed E-state index contributed by atoms with van der Waals surface area (Å²) in [5.41, 5.74) is 0. The number of ether oxygens (including phenoxy) is 1. The van der Waals surface area contributed by atoms with Crippen LogP contribution in [-0.2, 0) is 14.6 Å². The Hall–Kier alpha value is -0.570. The molecule has 1 radical (unpaired) electrons. The summed E-state index contributed by atoms with van der Waals surface area (Å²) in [4.78, 5) is 11.1. The molecule has 0 aromatic heterocycles. The van der Waals surface area contributed by atoms with Gasteiger partial charge in [0.1, 0.15) is 0 Å². The van der Waals surface area contributed by atoms with Crippen LogP contribution >= 0.6 is 0 Å². The minimum atomic E-state index is -0.121. The molecule has 1 unspecified atom stereocenters. The van der Waals surface area contributed by atoms with Crippen molar-refractivity contribution in [3.05, 3.63) is 0 Å². The van der Waals surface area contributed by atoms with Gasteiger partial charge >= 0.3 is 5.97 Å². The van der Waals surface area contributed by atoms with Gasteiger partial charge in [-0.15, -0.1) is 0 Å². The Labute approximate surface area is 80.1 Å². The molecule has 0 aromatic rings. The minimum Gasteiger partial charge on any atom is -0.465 e. The monoisotopic (exact) mass is 187 g/mol. The molecule has 0 N–H and O–H groups in total. The lowest BCUT2D eigenvalue weighted by Crippen LogP contribution is -2.14. The summed E-state index contributed by atoms with van der Waals surface area (Å²) in [7, 11) is 0. The zero-order chi connectivity index (χ0) is 10.1. The van der Waals surface area contributed by atoms with Crippen molar-refractivity contribution in [1.82, 2.24) is 0 Å². The van der Waals surface area contributed by atoms with Crippen molar-refractivity contribution < 1.29 is 14.6 Å². The molecule has 0 saturated heterocycles. The third-order valence-corrected chi connectivity index (χ3v) is 2.05. The second-order valence-corrected chi connectivity index (χ2v) is 3.24. The van der Waals surface area contributed by atoms with Gasteiger partial charge in [0.05, 0.1) is 19.1 Å². The van der Waals surface area contributed by atoms with E-state index in [1.54, 1.807) is 0 Å². The van der Waals surface area contributed by atoms with Crippen LogP contribution in [0.15, 0.2) is 0 Å². The molecule has 0 aromatic carbocycles. The molecule has 0 heterocycles. The highest BCUT2D eigenvalue weighted by Crippen LogP contribution is 2.04. The van der Waals surface area contributed by atoms with Gasteiger partial charge in [-0.1, -0.05) is 13.8 Å². The van der Waals surface area contributed by atoms with Gasteiger partial charge in [-0.05, 0) is 25.7 Å². The van der Waals surface area contributed by atoms with Crippen LogP contribution in [0.2, 0.25) is 0 Å². The predicted molar refractivity (Wildman–Crippen MR) is 49.8 cm³/mol. The van der Waals surface area contributed by atoms with E-state index in [2.05, 4.69) is 0 Å². The molecular weight excluding hydrogens is 168 g/mol. The molecule has 1 atom stereocenters. The lowest BCUT2D eigenvalue weighted by Gasteiger charge is -2.08. The standard InChI is InChI=1S/C10H19O3/c1-3-9(2)10(12)13-8-6-4-5-7-11/h9H,3-8H2,1-2H3. The van der Waals surface area contributed by atoms with Crippen molar-refractivity contribution in [3.63, 3.8) is 0 Å². The van der Waals surface area contributed by atoms with Crippen LogP contribution < -0.4 is 0 Å². The average Bonchev–Trinajstić information content (AvgIpc) is 2.16. The molecule has 0 aliphatic heterocycles. The lowest BCUT2D eigenvalue weighted by molar-refractivity contribution is -0.148. The quantitative estimate of drug-likeness (QED) is 0.453. The Morgan fingerprint density at radius 3 is 2.54 bits per heavy atom. The van der Waals surface area contributed by atoms with Gasteiger partial charge < -0.3 is 4.74 Å². The highest BCUT2D eigenvalue weighted by atomic mass is 16.5. The van der Waals surface area contributed by atoms with E-state index in [-0.39, 0.29) is 18.5 Å². The summed E-state index contributed by atoms with van der Waals surface area (Å²) in [6.45, 7) is 4.26. The van der Waals surface area contributed by atoms with E-state index in [9.17, 15) is 9.90 Å². The highest BCUT2D eigenvalue weighted by molar-refractivity contribution is 5.71. The number of hydrogen-bond acceptors (Lipinski definition) is 2. The van der Waals surface area contributed by atoms with E-state index in [1.807, 2.05) is 13.8 Å². The Bertz CT molecular complexity index is 134. The third kappa shape index (κ3) is 6.58. The maximum absolute atomic E-state index is 11.1. The van der Waals surface area contributed by atoms with Crippen molar-refractivity contribution in [1.29, 1.82) is 0 Å². The first-order chi connectivity index (χ1) is 6.22. The first-order valence-electron chi connectivity index (χ1n) is 4.97. The summed E-state index contributed by atoms with van der Waals surface area (Å²) < 4.78 is 5.00. The highest BCUT2D eigenvalue weighted by Gasteiger charge is 2.10. The summed E-state index contributed by atoms with van der Waals surface area (Å²) in [5, 5.41) is 10.1. The summed E-state index contributed by atoms with van der Waals surface area (Å²) in [6.07, 6.45) is 3.17. The van der Waals surface area contributed by atoms with Crippen LogP contribution in [-0.4, -0.2) is 19.2 Å². The molecule has 0 saturated carbocycles. The fourth-order valence-corrected chi connectivity index (χ4v) is 0.863. The number of rotatable bonds is 7. The van der Waals surface area contributed by atoms with Crippen LogP contribution in [0, 0.1) is 5.92 Å². The van der Waals surface area contributed by atoms with Crippen LogP contribution in [0.25, 0.3) is 0 Å². The van der Waals surface area contributed by atoms with Gasteiger partial charge in [-0.2, -0.15) is 0 Å². The zero-order valence-corrected chi connectivity index (χ0v) is 8.54. The molecule has 0 amide bonds. The molecule has 0 bridgehead atoms. The Morgan fingerprint density at radius 1 is 1.31 bits per heavy atom. The second kappa shape index (κ2) is 8.05. The van der Waals surface area contributed by atoms with E-state index < -0.39 is 0 Å². The molecule has 77 valence electrons. The fourth-order valence-electron chi connectivity index (χ4n) is 0.863. The first-order valence-corrected chi connectivity index (χ1v) is 4.97. The topological polar surface area (TPSA) is 46.2 Å². The van der Waals surface area contributed by atoms with Crippen molar-refractivity contribution in [2.24, 2.45) is 5.92 Å². The van der Waals surface area contributed by atoms with E-state index in [1.165, 1.54) is 0 Å². The summed E-state index contributed by atoms with van der Waals surface area (Å²) in [6, 6.07) is 0. The van der Waals surface area contributed by atoms with E-state index >= 15 is 0 Å². The maximum atomic E-state index is 11.1. The number of hydrogen-bond donors (Lipinski definition) is 0. The maximum Gasteiger partial charge on any atom is 0.308 e. The Balaban J connectivity index is 3.27. The van der Waals surface area contributed by atoms with Crippen molar-refractivity contribution in [2.75, 3.05) is 13.2 Å². The first kappa shape index (κ1) is 12.4. The van der Waals surface area contributed by atoms with E-state index in [0.717, 1.165) is 19.3 Å².